The van der Waals surface area contributed by atoms with E-state index in [0.717, 1.165) is 11.3 Å². The van der Waals surface area contributed by atoms with E-state index in [1.807, 2.05) is 31.1 Å². The predicted octanol–water partition coefficient (Wildman–Crippen LogP) is 2.42. The average Bonchev–Trinajstić information content (AvgIpc) is 2.48. The Morgan fingerprint density at radius 1 is 1.10 bits per heavy atom. The van der Waals surface area contributed by atoms with Crippen LogP contribution >= 0.6 is 0 Å². The first-order chi connectivity index (χ1) is 9.58. The van der Waals surface area contributed by atoms with E-state index in [0.29, 0.717) is 12.1 Å². The molecule has 1 amide bonds. The van der Waals surface area contributed by atoms with Crippen molar-refractivity contribution in [3.63, 3.8) is 0 Å². The molecule has 2 aromatic rings. The molecule has 1 heterocycles. The van der Waals surface area contributed by atoms with Gasteiger partial charge in [-0.25, -0.2) is 0 Å². The van der Waals surface area contributed by atoms with Crippen LogP contribution in [0.2, 0.25) is 0 Å². The molecule has 0 unspecified atom stereocenters. The quantitative estimate of drug-likeness (QED) is 0.855. The van der Waals surface area contributed by atoms with Gasteiger partial charge in [0, 0.05) is 45.8 Å². The van der Waals surface area contributed by atoms with E-state index < -0.39 is 0 Å². The van der Waals surface area contributed by atoms with Gasteiger partial charge in [0.25, 0.3) is 5.91 Å². The molecule has 0 aliphatic heterocycles. The predicted molar refractivity (Wildman–Crippen MR) is 80.8 cm³/mol. The number of carbonyl (C=O) groups excluding carboxylic acids is 1. The van der Waals surface area contributed by atoms with Crippen LogP contribution in [0.1, 0.15) is 15.9 Å². The van der Waals surface area contributed by atoms with Crippen molar-refractivity contribution in [3.05, 3.63) is 59.9 Å². The molecule has 1 aromatic carbocycles. The minimum Gasteiger partial charge on any atom is -0.378 e. The van der Waals surface area contributed by atoms with Crippen molar-refractivity contribution in [1.29, 1.82) is 0 Å². The smallest absolute Gasteiger partial charge is 0.255 e. The molecule has 0 bridgehead atoms. The highest BCUT2D eigenvalue weighted by Crippen LogP contribution is 2.14. The average molecular weight is 269 g/mol. The Bertz CT molecular complexity index is 564. The first kappa shape index (κ1) is 14.1. The highest BCUT2D eigenvalue weighted by molar-refractivity contribution is 5.93. The second-order valence-electron chi connectivity index (χ2n) is 4.96. The Balaban J connectivity index is 2.04. The SMILES string of the molecule is CN(Cc1ccc(N(C)C)cc1)C(=O)c1cccnc1. The van der Waals surface area contributed by atoms with E-state index in [1.165, 1.54) is 0 Å². The molecular weight excluding hydrogens is 250 g/mol. The number of nitrogens with zero attached hydrogens (tertiary/aromatic N) is 3. The molecule has 4 nitrogen and oxygen atoms in total. The van der Waals surface area contributed by atoms with Crippen molar-refractivity contribution in [1.82, 2.24) is 9.88 Å². The molecule has 0 fully saturated rings. The van der Waals surface area contributed by atoms with Gasteiger partial charge in [-0.15, -0.1) is 0 Å². The maximum Gasteiger partial charge on any atom is 0.255 e. The molecule has 0 aliphatic carbocycles. The van der Waals surface area contributed by atoms with Crippen molar-refractivity contribution >= 4 is 11.6 Å². The summed E-state index contributed by atoms with van der Waals surface area (Å²) in [5.41, 5.74) is 2.87. The summed E-state index contributed by atoms with van der Waals surface area (Å²) in [5.74, 6) is -0.0187. The summed E-state index contributed by atoms with van der Waals surface area (Å²) in [5, 5.41) is 0. The maximum absolute atomic E-state index is 12.2. The van der Waals surface area contributed by atoms with Gasteiger partial charge < -0.3 is 9.80 Å². The van der Waals surface area contributed by atoms with Crippen molar-refractivity contribution in [3.8, 4) is 0 Å². The fourth-order valence-corrected chi connectivity index (χ4v) is 1.95. The normalized spacial score (nSPS) is 10.2. The lowest BCUT2D eigenvalue weighted by Gasteiger charge is -2.18. The molecular formula is C16H19N3O. The van der Waals surface area contributed by atoms with Gasteiger partial charge in [-0.3, -0.25) is 9.78 Å². The van der Waals surface area contributed by atoms with E-state index in [4.69, 9.17) is 0 Å². The second kappa shape index (κ2) is 6.19. The third-order valence-corrected chi connectivity index (χ3v) is 3.13. The van der Waals surface area contributed by atoms with Crippen LogP contribution in [-0.4, -0.2) is 36.9 Å². The third-order valence-electron chi connectivity index (χ3n) is 3.13. The molecule has 4 heteroatoms. The van der Waals surface area contributed by atoms with Crippen LogP contribution in [0.3, 0.4) is 0 Å². The molecule has 104 valence electrons. The number of benzene rings is 1. The Hall–Kier alpha value is -2.36. The zero-order valence-corrected chi connectivity index (χ0v) is 12.1. The second-order valence-corrected chi connectivity index (χ2v) is 4.96. The lowest BCUT2D eigenvalue weighted by Crippen LogP contribution is -2.26. The van der Waals surface area contributed by atoms with Crippen molar-refractivity contribution in [2.45, 2.75) is 6.54 Å². The van der Waals surface area contributed by atoms with E-state index in [9.17, 15) is 4.79 Å². The third kappa shape index (κ3) is 3.35. The molecule has 0 spiro atoms. The van der Waals surface area contributed by atoms with Gasteiger partial charge >= 0.3 is 0 Å². The monoisotopic (exact) mass is 269 g/mol. The van der Waals surface area contributed by atoms with Crippen LogP contribution in [0, 0.1) is 0 Å². The first-order valence-corrected chi connectivity index (χ1v) is 6.49. The molecule has 0 N–H and O–H groups in total. The van der Waals surface area contributed by atoms with Gasteiger partial charge in [0.15, 0.2) is 0 Å². The number of hydrogen-bond donors (Lipinski definition) is 0. The van der Waals surface area contributed by atoms with Crippen molar-refractivity contribution in [2.24, 2.45) is 0 Å². The molecule has 0 saturated carbocycles. The Labute approximate surface area is 119 Å². The van der Waals surface area contributed by atoms with Crippen LogP contribution in [-0.2, 0) is 6.54 Å². The molecule has 1 aromatic heterocycles. The minimum atomic E-state index is -0.0187. The van der Waals surface area contributed by atoms with Gasteiger partial charge in [0.2, 0.25) is 0 Å². The minimum absolute atomic E-state index is 0.0187. The molecule has 20 heavy (non-hydrogen) atoms. The van der Waals surface area contributed by atoms with E-state index >= 15 is 0 Å². The summed E-state index contributed by atoms with van der Waals surface area (Å²) < 4.78 is 0. The van der Waals surface area contributed by atoms with Crippen molar-refractivity contribution < 1.29 is 4.79 Å². The summed E-state index contributed by atoms with van der Waals surface area (Å²) in [7, 11) is 5.81. The molecule has 2 rings (SSSR count). The number of pyridine rings is 1. The van der Waals surface area contributed by atoms with Gasteiger partial charge in [0.1, 0.15) is 0 Å². The fraction of sp³-hybridized carbons (Fsp3) is 0.250. The number of carbonyl (C=O) groups is 1. The molecule has 0 atom stereocenters. The van der Waals surface area contributed by atoms with Crippen molar-refractivity contribution in [2.75, 3.05) is 26.0 Å². The van der Waals surface area contributed by atoms with E-state index in [1.54, 1.807) is 36.5 Å². The molecule has 0 radical (unpaired) electrons. The number of hydrogen-bond acceptors (Lipinski definition) is 3. The summed E-state index contributed by atoms with van der Waals surface area (Å²) in [4.78, 5) is 19.9. The lowest BCUT2D eigenvalue weighted by atomic mass is 10.1. The van der Waals surface area contributed by atoms with Crippen LogP contribution in [0.5, 0.6) is 0 Å². The number of rotatable bonds is 4. The van der Waals surface area contributed by atoms with Crippen LogP contribution in [0.25, 0.3) is 0 Å². The zero-order valence-electron chi connectivity index (χ0n) is 12.1. The highest BCUT2D eigenvalue weighted by atomic mass is 16.2. The first-order valence-electron chi connectivity index (χ1n) is 6.49. The zero-order chi connectivity index (χ0) is 14.5. The number of anilines is 1. The van der Waals surface area contributed by atoms with Crippen LogP contribution in [0.15, 0.2) is 48.8 Å². The Morgan fingerprint density at radius 3 is 2.35 bits per heavy atom. The van der Waals surface area contributed by atoms with Gasteiger partial charge in [-0.2, -0.15) is 0 Å². The molecule has 0 aliphatic rings. The highest BCUT2D eigenvalue weighted by Gasteiger charge is 2.11. The molecule has 0 saturated heterocycles. The number of amides is 1. The van der Waals surface area contributed by atoms with E-state index in [2.05, 4.69) is 17.1 Å². The lowest BCUT2D eigenvalue weighted by molar-refractivity contribution is 0.0784. The fourth-order valence-electron chi connectivity index (χ4n) is 1.95. The van der Waals surface area contributed by atoms with Gasteiger partial charge in [-0.05, 0) is 29.8 Å². The largest absolute Gasteiger partial charge is 0.378 e. The van der Waals surface area contributed by atoms with Crippen LogP contribution in [0.4, 0.5) is 5.69 Å². The summed E-state index contributed by atoms with van der Waals surface area (Å²) in [6.45, 7) is 0.585. The Kier molecular flexibility index (Phi) is 4.35. The Morgan fingerprint density at radius 2 is 1.80 bits per heavy atom. The standard InChI is InChI=1S/C16H19N3O/c1-18(2)15-8-6-13(7-9-15)12-19(3)16(20)14-5-4-10-17-11-14/h4-11H,12H2,1-3H3. The van der Waals surface area contributed by atoms with Gasteiger partial charge in [0.05, 0.1) is 5.56 Å². The van der Waals surface area contributed by atoms with Crippen LogP contribution < -0.4 is 4.90 Å². The summed E-state index contributed by atoms with van der Waals surface area (Å²) in [6, 6.07) is 11.7. The van der Waals surface area contributed by atoms with Gasteiger partial charge in [-0.1, -0.05) is 12.1 Å². The number of aromatic nitrogens is 1. The summed E-state index contributed by atoms with van der Waals surface area (Å²) >= 11 is 0. The summed E-state index contributed by atoms with van der Waals surface area (Å²) in [6.07, 6.45) is 3.25. The van der Waals surface area contributed by atoms with E-state index in [-0.39, 0.29) is 5.91 Å². The topological polar surface area (TPSA) is 36.4 Å². The maximum atomic E-state index is 12.2.